The van der Waals surface area contributed by atoms with Crippen LogP contribution in [0.4, 0.5) is 0 Å². The van der Waals surface area contributed by atoms with Gasteiger partial charge in [0.25, 0.3) is 31.3 Å². The zero-order valence-corrected chi connectivity index (χ0v) is 15.4. The van der Waals surface area contributed by atoms with Gasteiger partial charge in [-0.05, 0) is 0 Å². The number of rotatable bonds is 0. The molecule has 20 N–H and O–H groups in total. The van der Waals surface area contributed by atoms with Gasteiger partial charge in [0.05, 0.1) is 0 Å². The van der Waals surface area contributed by atoms with E-state index in [-0.39, 0.29) is 0 Å². The van der Waals surface area contributed by atoms with E-state index in [1.165, 1.54) is 0 Å². The fourth-order valence-corrected chi connectivity index (χ4v) is 6.02. The normalized spacial score (nSPS) is 37.8. The van der Waals surface area contributed by atoms with Crippen LogP contribution in [0, 0.1) is 0 Å². The molecule has 0 spiro atoms. The zero-order valence-electron chi connectivity index (χ0n) is 11.8. The van der Waals surface area contributed by atoms with Crippen LogP contribution in [0.5, 0.6) is 0 Å². The molecule has 1 aliphatic heterocycles. The summed E-state index contributed by atoms with van der Waals surface area (Å²) in [7, 11) is -23.5. The molecule has 0 saturated carbocycles. The van der Waals surface area contributed by atoms with Crippen molar-refractivity contribution in [2.45, 2.75) is 0 Å². The van der Waals surface area contributed by atoms with E-state index < -0.39 is 31.3 Å². The zero-order chi connectivity index (χ0) is 20.8. The Morgan fingerprint density at radius 3 is 0.625 bits per heavy atom. The van der Waals surface area contributed by atoms with Crippen molar-refractivity contribution in [1.29, 1.82) is 0 Å². The van der Waals surface area contributed by atoms with Crippen LogP contribution in [0.3, 0.4) is 0 Å². The highest BCUT2D eigenvalue weighted by Crippen LogP contribution is 2.73. The summed E-state index contributed by atoms with van der Waals surface area (Å²) in [6.45, 7) is 0. The van der Waals surface area contributed by atoms with E-state index in [1.807, 2.05) is 0 Å². The first-order valence-electron chi connectivity index (χ1n) is 4.55. The Balaban J connectivity index is -0.000000218. The highest BCUT2D eigenvalue weighted by Gasteiger charge is 2.35. The van der Waals surface area contributed by atoms with E-state index in [0.717, 1.165) is 0 Å². The minimum absolute atomic E-state index is 2.75. The van der Waals surface area contributed by atoms with Crippen molar-refractivity contribution >= 4 is 31.3 Å². The molecular weight excluding hydrogens is 428 g/mol. The lowest BCUT2D eigenvalue weighted by Crippen LogP contribution is -2.59. The minimum Gasteiger partial charge on any atom is -0.756 e. The van der Waals surface area contributed by atoms with Crippen LogP contribution in [0.25, 0.3) is 0 Å². The topological polar surface area (TPSA) is 412 Å². The molecule has 24 heavy (non-hydrogen) atoms. The molecule has 0 aromatic heterocycles. The highest BCUT2D eigenvalue weighted by molar-refractivity contribution is 7.73. The molecule has 0 radical (unpaired) electrons. The Kier molecular flexibility index (Phi) is 19.3. The summed E-state index contributed by atoms with van der Waals surface area (Å²) < 4.78 is 54.5. The molecule has 0 aliphatic carbocycles. The third-order valence-electron chi connectivity index (χ3n) is 0.800. The predicted molar refractivity (Wildman–Crippen MR) is 63.1 cm³/mol. The smallest absolute Gasteiger partial charge is 0.280 e. The van der Waals surface area contributed by atoms with Gasteiger partial charge in [0.1, 0.15) is 0 Å². The Morgan fingerprint density at radius 2 is 0.542 bits per heavy atom. The maximum Gasteiger partial charge on any atom is 0.280 e. The number of quaternary nitrogens is 4. The molecule has 0 atom stereocenters. The average Bonchev–Trinajstić information content (AvgIpc) is 2.41. The van der Waals surface area contributed by atoms with E-state index in [4.69, 9.17) is 0 Å². The Labute approximate surface area is 134 Å². The third-order valence-corrected chi connectivity index (χ3v) is 7.20. The van der Waals surface area contributed by atoms with E-state index in [9.17, 15) is 37.8 Å². The quantitative estimate of drug-likeness (QED) is 0.0967. The molecule has 24 heteroatoms. The summed E-state index contributed by atoms with van der Waals surface area (Å²) >= 11 is 0. The molecule has 152 valence electrons. The minimum atomic E-state index is -5.87. The van der Waals surface area contributed by atoms with Crippen LogP contribution in [-0.4, -0.2) is 0 Å². The summed E-state index contributed by atoms with van der Waals surface area (Å²) in [5, 5.41) is 0. The van der Waals surface area contributed by atoms with Gasteiger partial charge < -0.3 is 19.6 Å². The molecule has 1 fully saturated rings. The van der Waals surface area contributed by atoms with Crippen molar-refractivity contribution < 1.29 is 78.4 Å². The maximum absolute atomic E-state index is 10.6. The first-order chi connectivity index (χ1) is 10.8. The molecule has 1 rings (SSSR count). The first kappa shape index (κ1) is 32.0. The monoisotopic (exact) mass is 448 g/mol. The fraction of sp³-hybridized carbons (Fsp3) is 0. The van der Waals surface area contributed by atoms with Crippen molar-refractivity contribution in [3.8, 4) is 0 Å². The second kappa shape index (κ2) is 14.4. The van der Waals surface area contributed by atoms with Crippen molar-refractivity contribution in [2.75, 3.05) is 0 Å². The lowest BCUT2D eigenvalue weighted by atomic mass is 13.0. The van der Waals surface area contributed by atoms with Gasteiger partial charge in [0.15, 0.2) is 0 Å². The lowest BCUT2D eigenvalue weighted by Gasteiger charge is -2.41. The molecular formula is H20N8O12P4. The predicted octanol–water partition coefficient (Wildman–Crippen LogP) is -9.65. The Morgan fingerprint density at radius 1 is 0.458 bits per heavy atom. The number of hydrogen-bond donors (Lipinski definition) is 8. The number of nitrogens with two attached hydrogens (primary N) is 4. The largest absolute Gasteiger partial charge is 0.756 e. The van der Waals surface area contributed by atoms with Gasteiger partial charge in [-0.15, -0.1) is 0 Å². The molecule has 0 aromatic carbocycles. The SMILES string of the molecule is N[NH3+].N[NH3+].N[NH3+].N[NH3+].O=P1([O-])OP(=O)([O-])OP(=O)([O-])OP(=O)([O-])O1. The molecule has 0 bridgehead atoms. The van der Waals surface area contributed by atoms with Crippen LogP contribution in [0.2, 0.25) is 0 Å². The van der Waals surface area contributed by atoms with Crippen LogP contribution in [0.15, 0.2) is 0 Å². The van der Waals surface area contributed by atoms with Crippen LogP contribution < -0.4 is 66.3 Å². The van der Waals surface area contributed by atoms with Gasteiger partial charge >= 0.3 is 0 Å². The van der Waals surface area contributed by atoms with Gasteiger partial charge in [0, 0.05) is 0 Å². The second-order valence-electron chi connectivity index (χ2n) is 2.12. The molecule has 0 unspecified atom stereocenters. The summed E-state index contributed by atoms with van der Waals surface area (Å²) in [6.07, 6.45) is 0. The molecule has 20 nitrogen and oxygen atoms in total. The number of hydrogen-bond acceptors (Lipinski definition) is 16. The van der Waals surface area contributed by atoms with Crippen LogP contribution in [-0.2, 0) is 35.5 Å². The van der Waals surface area contributed by atoms with E-state index in [1.54, 1.807) is 0 Å². The third kappa shape index (κ3) is 17.1. The summed E-state index contributed by atoms with van der Waals surface area (Å²) in [5.41, 5.74) is 0. The average molecular weight is 448 g/mol. The molecule has 0 aromatic rings. The van der Waals surface area contributed by atoms with Crippen molar-refractivity contribution in [3.05, 3.63) is 0 Å². The van der Waals surface area contributed by atoms with Crippen LogP contribution >= 0.6 is 31.3 Å². The molecule has 1 aliphatic rings. The van der Waals surface area contributed by atoms with Gasteiger partial charge in [0.2, 0.25) is 0 Å². The van der Waals surface area contributed by atoms with Crippen LogP contribution in [0.1, 0.15) is 0 Å². The number of phosphoric acid groups is 4. The van der Waals surface area contributed by atoms with Crippen molar-refractivity contribution in [1.82, 2.24) is 0 Å². The molecule has 0 amide bonds. The van der Waals surface area contributed by atoms with Crippen molar-refractivity contribution in [2.24, 2.45) is 23.4 Å². The molecule has 1 heterocycles. The lowest BCUT2D eigenvalue weighted by molar-refractivity contribution is -0.379. The second-order valence-corrected chi connectivity index (χ2v) is 8.31. The highest BCUT2D eigenvalue weighted by atomic mass is 31.3. The van der Waals surface area contributed by atoms with Gasteiger partial charge in [-0.2, -0.15) is 23.4 Å². The first-order valence-corrected chi connectivity index (χ1v) is 10.4. The maximum atomic E-state index is 10.6. The van der Waals surface area contributed by atoms with E-state index >= 15 is 0 Å². The van der Waals surface area contributed by atoms with Gasteiger partial charge in [-0.1, -0.05) is 0 Å². The summed E-state index contributed by atoms with van der Waals surface area (Å²) in [5.74, 6) is 28.0. The standard InChI is InChI=1S/4H4N2.H4O12P4/c4*1-2;1-13(2)9-14(3,4)11-16(7,8)12-15(5,6)10-13/h4*1-2H2;(H,1,2)(H,3,4)(H,5,6)(H,7,8). The summed E-state index contributed by atoms with van der Waals surface area (Å²) in [6, 6.07) is 0. The fourth-order valence-electron chi connectivity index (χ4n) is 0.550. The van der Waals surface area contributed by atoms with E-state index in [2.05, 4.69) is 64.0 Å². The molecule has 1 saturated heterocycles. The Hall–Kier alpha value is 0.280. The van der Waals surface area contributed by atoms with Gasteiger partial charge in [-0.3, -0.25) is 41.6 Å². The van der Waals surface area contributed by atoms with E-state index in [0.29, 0.717) is 0 Å². The summed E-state index contributed by atoms with van der Waals surface area (Å²) in [4.78, 5) is 42.2. The Bertz CT molecular complexity index is 379. The van der Waals surface area contributed by atoms with Gasteiger partial charge in [-0.25, -0.2) is 17.2 Å². The van der Waals surface area contributed by atoms with Crippen molar-refractivity contribution in [3.63, 3.8) is 0 Å².